The Balaban J connectivity index is 0.00000700. The van der Waals surface area contributed by atoms with Crippen molar-refractivity contribution in [1.29, 1.82) is 0 Å². The first kappa shape index (κ1) is 61.1. The van der Waals surface area contributed by atoms with Crippen LogP contribution in [0.3, 0.4) is 0 Å². The predicted octanol–water partition coefficient (Wildman–Crippen LogP) is 20.3. The Morgan fingerprint density at radius 1 is 0.290 bits per heavy atom. The third kappa shape index (κ3) is 48.5. The van der Waals surface area contributed by atoms with Gasteiger partial charge in [-0.05, 0) is 55.2 Å². The van der Waals surface area contributed by atoms with Crippen molar-refractivity contribution >= 4 is 10.4 Å². The van der Waals surface area contributed by atoms with Crippen LogP contribution in [0.25, 0.3) is 0 Å². The second-order valence-corrected chi connectivity index (χ2v) is 20.5. The molecule has 1 rings (SSSR count). The van der Waals surface area contributed by atoms with Gasteiger partial charge in [0.15, 0.2) is 0 Å². The minimum Gasteiger partial charge on any atom is -0.264 e. The van der Waals surface area contributed by atoms with Crippen molar-refractivity contribution in [1.82, 2.24) is 0 Å². The summed E-state index contributed by atoms with van der Waals surface area (Å²) in [7, 11) is -4.67. The molecule has 0 aliphatic heterocycles. The van der Waals surface area contributed by atoms with Gasteiger partial charge in [0.25, 0.3) is 0 Å². The molecule has 0 saturated carbocycles. The van der Waals surface area contributed by atoms with Gasteiger partial charge in [0, 0.05) is 0 Å². The highest BCUT2D eigenvalue weighted by Crippen LogP contribution is 2.24. The monoisotopic (exact) mass is 891 g/mol. The van der Waals surface area contributed by atoms with E-state index in [0.717, 1.165) is 0 Å². The molecule has 0 bridgehead atoms. The number of hydrogen-bond acceptors (Lipinski definition) is 2. The highest BCUT2D eigenvalue weighted by atomic mass is 32.3. The van der Waals surface area contributed by atoms with Crippen molar-refractivity contribution in [2.75, 3.05) is 0 Å². The lowest BCUT2D eigenvalue weighted by molar-refractivity contribution is 0.381. The Morgan fingerprint density at radius 2 is 0.452 bits per heavy atom. The molecule has 0 radical (unpaired) electrons. The maximum absolute atomic E-state index is 8.74. The number of rotatable bonds is 48. The Kier molecular flexibility index (Phi) is 48.8. The van der Waals surface area contributed by atoms with Crippen LogP contribution in [0.5, 0.6) is 0 Å². The van der Waals surface area contributed by atoms with Crippen LogP contribution in [0.4, 0.5) is 0 Å². The van der Waals surface area contributed by atoms with Gasteiger partial charge in [-0.25, -0.2) is 0 Å². The zero-order valence-corrected chi connectivity index (χ0v) is 43.1. The second kappa shape index (κ2) is 49.5. The van der Waals surface area contributed by atoms with Crippen molar-refractivity contribution in [3.63, 3.8) is 0 Å². The van der Waals surface area contributed by atoms with Gasteiger partial charge in [-0.2, -0.15) is 8.42 Å². The van der Waals surface area contributed by atoms with Crippen molar-refractivity contribution in [2.45, 2.75) is 329 Å². The summed E-state index contributed by atoms with van der Waals surface area (Å²) < 4.78 is 31.6. The molecule has 0 aliphatic rings. The predicted molar refractivity (Wildman–Crippen MR) is 277 cm³/mol. The van der Waals surface area contributed by atoms with E-state index in [-0.39, 0.29) is 0 Å². The molecular formula is C57H110O4S. The maximum Gasteiger partial charge on any atom is 0.394 e. The summed E-state index contributed by atoms with van der Waals surface area (Å²) in [6.07, 6.45) is 69.4. The van der Waals surface area contributed by atoms with E-state index in [9.17, 15) is 0 Å². The van der Waals surface area contributed by atoms with Crippen LogP contribution in [-0.4, -0.2) is 17.5 Å². The first-order chi connectivity index (χ1) is 30.3. The molecule has 368 valence electrons. The molecule has 2 N–H and O–H groups in total. The van der Waals surface area contributed by atoms with Gasteiger partial charge in [0.1, 0.15) is 0 Å². The van der Waals surface area contributed by atoms with Gasteiger partial charge in [-0.15, -0.1) is 0 Å². The van der Waals surface area contributed by atoms with E-state index in [1.165, 1.54) is 308 Å². The minimum atomic E-state index is -4.67. The lowest BCUT2D eigenvalue weighted by Gasteiger charge is -2.16. The minimum absolute atomic E-state index is 1.32. The van der Waals surface area contributed by atoms with E-state index in [1.54, 1.807) is 16.7 Å². The van der Waals surface area contributed by atoms with Crippen molar-refractivity contribution in [2.24, 2.45) is 0 Å². The zero-order chi connectivity index (χ0) is 45.3. The number of hydrogen-bond donors (Lipinski definition) is 2. The van der Waals surface area contributed by atoms with Crippen LogP contribution in [0.2, 0.25) is 0 Å². The summed E-state index contributed by atoms with van der Waals surface area (Å²) in [4.78, 5) is 0. The van der Waals surface area contributed by atoms with Gasteiger partial charge < -0.3 is 0 Å². The van der Waals surface area contributed by atoms with Crippen LogP contribution in [-0.2, 0) is 29.7 Å². The summed E-state index contributed by atoms with van der Waals surface area (Å²) in [6.45, 7) is 6.96. The van der Waals surface area contributed by atoms with Gasteiger partial charge in [0.2, 0.25) is 0 Å². The molecule has 0 heterocycles. The quantitative estimate of drug-likeness (QED) is 0.0505. The Hall–Kier alpha value is -0.910. The average molecular weight is 892 g/mol. The molecule has 4 nitrogen and oxygen atoms in total. The summed E-state index contributed by atoms with van der Waals surface area (Å²) >= 11 is 0. The van der Waals surface area contributed by atoms with E-state index in [0.29, 0.717) is 0 Å². The fourth-order valence-electron chi connectivity index (χ4n) is 9.52. The molecule has 0 unspecified atom stereocenters. The molecule has 5 heteroatoms. The van der Waals surface area contributed by atoms with Crippen molar-refractivity contribution in [3.05, 3.63) is 34.9 Å². The van der Waals surface area contributed by atoms with Crippen LogP contribution in [0.1, 0.15) is 326 Å². The van der Waals surface area contributed by atoms with E-state index in [4.69, 9.17) is 17.5 Å². The van der Waals surface area contributed by atoms with E-state index in [1.807, 2.05) is 0 Å². The zero-order valence-electron chi connectivity index (χ0n) is 42.3. The Bertz CT molecular complexity index is 1060. The summed E-state index contributed by atoms with van der Waals surface area (Å²) in [5.41, 5.74) is 5.21. The number of benzene rings is 1. The van der Waals surface area contributed by atoms with Crippen LogP contribution in [0.15, 0.2) is 18.2 Å². The third-order valence-corrected chi connectivity index (χ3v) is 13.5. The maximum atomic E-state index is 8.74. The van der Waals surface area contributed by atoms with Crippen LogP contribution < -0.4 is 0 Å². The van der Waals surface area contributed by atoms with E-state index >= 15 is 0 Å². The SMILES string of the molecule is CCCCCCCCCCCCCCCCCc1cccc(CCCCCCCCCCCCCCCCC)c1CCCCCCCCCCCCCCCCC.O=S(=O)(O)O. The fourth-order valence-corrected chi connectivity index (χ4v) is 9.52. The molecule has 0 fully saturated rings. The van der Waals surface area contributed by atoms with Crippen LogP contribution in [0, 0.1) is 0 Å². The fraction of sp³-hybridized carbons (Fsp3) is 0.895. The summed E-state index contributed by atoms with van der Waals surface area (Å²) in [6, 6.07) is 7.44. The normalized spacial score (nSPS) is 11.6. The summed E-state index contributed by atoms with van der Waals surface area (Å²) in [5.74, 6) is 0. The molecule has 1 aromatic carbocycles. The molecule has 62 heavy (non-hydrogen) atoms. The molecule has 0 aliphatic carbocycles. The third-order valence-electron chi connectivity index (χ3n) is 13.5. The van der Waals surface area contributed by atoms with Crippen molar-refractivity contribution < 1.29 is 17.5 Å². The van der Waals surface area contributed by atoms with Crippen molar-refractivity contribution in [3.8, 4) is 0 Å². The second-order valence-electron chi connectivity index (χ2n) is 19.6. The van der Waals surface area contributed by atoms with Crippen LogP contribution >= 0.6 is 0 Å². The van der Waals surface area contributed by atoms with Gasteiger partial charge in [-0.1, -0.05) is 309 Å². The highest BCUT2D eigenvalue weighted by Gasteiger charge is 2.09. The molecule has 0 atom stereocenters. The molecule has 0 saturated heterocycles. The molecular weight excluding hydrogens is 781 g/mol. The van der Waals surface area contributed by atoms with Gasteiger partial charge in [-0.3, -0.25) is 9.11 Å². The lowest BCUT2D eigenvalue weighted by atomic mass is 9.90. The van der Waals surface area contributed by atoms with E-state index in [2.05, 4.69) is 39.0 Å². The number of aryl methyl sites for hydroxylation is 2. The lowest BCUT2D eigenvalue weighted by Crippen LogP contribution is -2.02. The first-order valence-electron chi connectivity index (χ1n) is 28.1. The first-order valence-corrected chi connectivity index (χ1v) is 29.5. The highest BCUT2D eigenvalue weighted by molar-refractivity contribution is 7.79. The molecule has 1 aromatic rings. The molecule has 0 aromatic heterocycles. The Morgan fingerprint density at radius 3 is 0.645 bits per heavy atom. The van der Waals surface area contributed by atoms with E-state index < -0.39 is 10.4 Å². The van der Waals surface area contributed by atoms with Gasteiger partial charge >= 0.3 is 10.4 Å². The molecule has 0 amide bonds. The smallest absolute Gasteiger partial charge is 0.264 e. The van der Waals surface area contributed by atoms with Gasteiger partial charge in [0.05, 0.1) is 0 Å². The topological polar surface area (TPSA) is 74.6 Å². The largest absolute Gasteiger partial charge is 0.394 e. The number of unbranched alkanes of at least 4 members (excludes halogenated alkanes) is 42. The summed E-state index contributed by atoms with van der Waals surface area (Å²) in [5, 5.41) is 0. The Labute approximate surface area is 390 Å². The molecule has 0 spiro atoms. The average Bonchev–Trinajstić information content (AvgIpc) is 3.25. The standard InChI is InChI=1S/C57H108.H2O4S/c1-4-7-10-13-16-19-22-25-28-31-34-37-40-43-46-50-55-52-49-53-56(51-47-44-41-38-35-32-29-26-23-20-17-14-11-8-5-2)57(55)54-48-45-42-39-36-33-30-27-24-21-18-15-12-9-6-3;1-5(2,3)4/h49,52-53H,4-48,50-51,54H2,1-3H3;(H2,1,2,3,4).